The molecule has 8 nitrogen and oxygen atoms in total. The van der Waals surface area contributed by atoms with Gasteiger partial charge in [0, 0.05) is 27.1 Å². The highest BCUT2D eigenvalue weighted by Crippen LogP contribution is 2.37. The number of nitrogens with one attached hydrogen (secondary N) is 3. The van der Waals surface area contributed by atoms with Crippen LogP contribution in [0.2, 0.25) is 0 Å². The molecule has 1 heterocycles. The average molecular weight is 766 g/mol. The number of carbonyl (C=O) groups excluding carboxylic acids is 4. The average Bonchev–Trinajstić information content (AvgIpc) is 3.62. The molecule has 0 aliphatic carbocycles. The Kier molecular flexibility index (Phi) is 12.7. The van der Waals surface area contributed by atoms with E-state index in [1.807, 2.05) is 103 Å². The quantitative estimate of drug-likeness (QED) is 0.0613. The Morgan fingerprint density at radius 1 is 0.764 bits per heavy atom. The number of esters is 1. The Labute approximate surface area is 328 Å². The third-order valence-electron chi connectivity index (χ3n) is 8.50. The van der Waals surface area contributed by atoms with E-state index in [-0.39, 0.29) is 18.2 Å². The normalized spacial score (nSPS) is 11.7. The summed E-state index contributed by atoms with van der Waals surface area (Å²) in [4.78, 5) is 54.3. The monoisotopic (exact) mass is 765 g/mol. The van der Waals surface area contributed by atoms with E-state index in [4.69, 9.17) is 4.74 Å². The summed E-state index contributed by atoms with van der Waals surface area (Å²) in [6, 6.07) is 41.3. The summed E-state index contributed by atoms with van der Waals surface area (Å²) in [5.41, 5.74) is 6.73. The fourth-order valence-corrected chi connectivity index (χ4v) is 7.52. The molecule has 55 heavy (non-hydrogen) atoms. The van der Waals surface area contributed by atoms with Crippen LogP contribution in [0.15, 0.2) is 149 Å². The molecule has 0 radical (unpaired) electrons. The summed E-state index contributed by atoms with van der Waals surface area (Å²) in [5.74, 6) is -1.74. The lowest BCUT2D eigenvalue weighted by molar-refractivity contribution is -0.115. The van der Waals surface area contributed by atoms with Crippen molar-refractivity contribution in [3.63, 3.8) is 0 Å². The van der Waals surface area contributed by atoms with Crippen LogP contribution in [0.4, 0.5) is 10.7 Å². The van der Waals surface area contributed by atoms with Gasteiger partial charge in [-0.25, -0.2) is 4.79 Å². The summed E-state index contributed by atoms with van der Waals surface area (Å²) >= 11 is 2.57. The minimum Gasteiger partial charge on any atom is -0.462 e. The van der Waals surface area contributed by atoms with Gasteiger partial charge in [-0.2, -0.15) is 0 Å². The number of carbonyl (C=O) groups is 4. The van der Waals surface area contributed by atoms with Crippen molar-refractivity contribution in [3.05, 3.63) is 167 Å². The van der Waals surface area contributed by atoms with Crippen LogP contribution >= 0.6 is 23.1 Å². The fourth-order valence-electron chi connectivity index (χ4n) is 5.63. The van der Waals surface area contributed by atoms with Crippen LogP contribution in [0.5, 0.6) is 0 Å². The summed E-state index contributed by atoms with van der Waals surface area (Å²) in [6.07, 6.45) is 1.63. The second kappa shape index (κ2) is 18.2. The van der Waals surface area contributed by atoms with Crippen LogP contribution in [0.25, 0.3) is 28.3 Å². The second-order valence-electron chi connectivity index (χ2n) is 12.5. The Morgan fingerprint density at radius 3 is 2.11 bits per heavy atom. The maximum Gasteiger partial charge on any atom is 0.341 e. The van der Waals surface area contributed by atoms with Gasteiger partial charge in [0.15, 0.2) is 0 Å². The number of rotatable bonds is 13. The number of hydrogen-bond acceptors (Lipinski definition) is 7. The molecular formula is C45H39N3O5S2. The largest absolute Gasteiger partial charge is 0.462 e. The SMILES string of the molecule is CCOC(=O)c1c(-c2ccc(C)cc2)csc1NC(=O)C(C)Sc1cccc(NC(=O)/C(=C\c2ccc(-c3ccccc3)cc2)NC(=O)c2ccccc2)c1. The first-order valence-electron chi connectivity index (χ1n) is 17.7. The molecule has 0 fully saturated rings. The number of thiophene rings is 1. The van der Waals surface area contributed by atoms with Gasteiger partial charge in [0.2, 0.25) is 5.91 Å². The minimum absolute atomic E-state index is 0.0606. The van der Waals surface area contributed by atoms with Gasteiger partial charge in [0.05, 0.1) is 11.9 Å². The van der Waals surface area contributed by atoms with E-state index >= 15 is 0 Å². The molecule has 0 saturated carbocycles. The van der Waals surface area contributed by atoms with Gasteiger partial charge in [0.25, 0.3) is 11.8 Å². The van der Waals surface area contributed by atoms with Crippen LogP contribution in [0.1, 0.15) is 45.7 Å². The molecule has 6 rings (SSSR count). The predicted molar refractivity (Wildman–Crippen MR) is 223 cm³/mol. The second-order valence-corrected chi connectivity index (χ2v) is 14.8. The molecule has 3 amide bonds. The molecule has 1 unspecified atom stereocenters. The van der Waals surface area contributed by atoms with Crippen molar-refractivity contribution in [2.45, 2.75) is 30.9 Å². The molecule has 276 valence electrons. The van der Waals surface area contributed by atoms with E-state index in [2.05, 4.69) is 16.0 Å². The number of aryl methyl sites for hydroxylation is 1. The van der Waals surface area contributed by atoms with E-state index in [0.717, 1.165) is 32.7 Å². The van der Waals surface area contributed by atoms with Crippen LogP contribution < -0.4 is 16.0 Å². The summed E-state index contributed by atoms with van der Waals surface area (Å²) in [7, 11) is 0. The third-order valence-corrected chi connectivity index (χ3v) is 10.5. The molecule has 1 aromatic heterocycles. The zero-order chi connectivity index (χ0) is 38.7. The minimum atomic E-state index is -0.564. The highest BCUT2D eigenvalue weighted by atomic mass is 32.2. The van der Waals surface area contributed by atoms with Gasteiger partial charge in [0.1, 0.15) is 16.3 Å². The molecule has 0 spiro atoms. The van der Waals surface area contributed by atoms with Crippen LogP contribution in [-0.2, 0) is 14.3 Å². The van der Waals surface area contributed by atoms with Crippen molar-refractivity contribution in [2.75, 3.05) is 17.2 Å². The lowest BCUT2D eigenvalue weighted by Gasteiger charge is -2.14. The fraction of sp³-hybridized carbons (Fsp3) is 0.111. The van der Waals surface area contributed by atoms with Gasteiger partial charge in [-0.3, -0.25) is 14.4 Å². The lowest BCUT2D eigenvalue weighted by Crippen LogP contribution is -2.30. The molecule has 1 atom stereocenters. The van der Waals surface area contributed by atoms with Gasteiger partial charge in [-0.15, -0.1) is 23.1 Å². The Balaban J connectivity index is 1.17. The maximum atomic E-state index is 13.8. The van der Waals surface area contributed by atoms with Crippen LogP contribution in [-0.4, -0.2) is 35.5 Å². The van der Waals surface area contributed by atoms with E-state index in [1.54, 1.807) is 62.4 Å². The summed E-state index contributed by atoms with van der Waals surface area (Å²) < 4.78 is 5.36. The topological polar surface area (TPSA) is 114 Å². The first kappa shape index (κ1) is 38.5. The first-order chi connectivity index (χ1) is 26.7. The highest BCUT2D eigenvalue weighted by molar-refractivity contribution is 8.00. The van der Waals surface area contributed by atoms with Crippen molar-refractivity contribution in [2.24, 2.45) is 0 Å². The molecule has 6 aromatic rings. The molecular weight excluding hydrogens is 727 g/mol. The van der Waals surface area contributed by atoms with E-state index in [0.29, 0.717) is 27.4 Å². The summed E-state index contributed by atoms with van der Waals surface area (Å²) in [6.45, 7) is 5.71. The first-order valence-corrected chi connectivity index (χ1v) is 19.4. The standard InChI is InChI=1S/C45H39N3O5S2/c1-4-53-45(52)40-38(34-22-18-29(2)19-23-34)28-54-44(40)48-41(49)30(3)55-37-17-11-16-36(27-37)46-43(51)39(47-42(50)35-14-9-6-10-15-35)26-31-20-24-33(25-21-31)32-12-7-5-8-13-32/h5-28,30H,4H2,1-3H3,(H,46,51)(H,47,50)(H,48,49)/b39-26+. The Hall–Kier alpha value is -6.23. The Bertz CT molecular complexity index is 2320. The van der Waals surface area contributed by atoms with Crippen molar-refractivity contribution in [1.82, 2.24) is 5.32 Å². The van der Waals surface area contributed by atoms with Gasteiger partial charge in [-0.05, 0) is 79.4 Å². The van der Waals surface area contributed by atoms with E-state index in [9.17, 15) is 19.2 Å². The van der Waals surface area contributed by atoms with Gasteiger partial charge >= 0.3 is 5.97 Å². The molecule has 3 N–H and O–H groups in total. The predicted octanol–water partition coefficient (Wildman–Crippen LogP) is 10.1. The number of hydrogen-bond donors (Lipinski definition) is 3. The molecule has 10 heteroatoms. The zero-order valence-corrected chi connectivity index (χ0v) is 32.1. The smallest absolute Gasteiger partial charge is 0.341 e. The van der Waals surface area contributed by atoms with E-state index in [1.165, 1.54) is 23.1 Å². The maximum absolute atomic E-state index is 13.8. The number of anilines is 2. The summed E-state index contributed by atoms with van der Waals surface area (Å²) in [5, 5.41) is 10.3. The third kappa shape index (κ3) is 10.1. The van der Waals surface area contributed by atoms with Crippen molar-refractivity contribution >= 4 is 63.6 Å². The molecule has 0 aliphatic rings. The zero-order valence-electron chi connectivity index (χ0n) is 30.5. The number of thioether (sulfide) groups is 1. The van der Waals surface area contributed by atoms with Crippen molar-refractivity contribution in [1.29, 1.82) is 0 Å². The highest BCUT2D eigenvalue weighted by Gasteiger charge is 2.25. The molecule has 0 saturated heterocycles. The van der Waals surface area contributed by atoms with E-state index < -0.39 is 23.0 Å². The molecule has 5 aromatic carbocycles. The van der Waals surface area contributed by atoms with Gasteiger partial charge in [-0.1, -0.05) is 109 Å². The lowest BCUT2D eigenvalue weighted by atomic mass is 10.0. The van der Waals surface area contributed by atoms with Gasteiger partial charge < -0.3 is 20.7 Å². The van der Waals surface area contributed by atoms with Crippen molar-refractivity contribution in [3.8, 4) is 22.3 Å². The van der Waals surface area contributed by atoms with Crippen molar-refractivity contribution < 1.29 is 23.9 Å². The molecule has 0 bridgehead atoms. The van der Waals surface area contributed by atoms with Crippen LogP contribution in [0.3, 0.4) is 0 Å². The van der Waals surface area contributed by atoms with Crippen LogP contribution in [0, 0.1) is 6.92 Å². The molecule has 0 aliphatic heterocycles. The number of amides is 3. The Morgan fingerprint density at radius 2 is 1.42 bits per heavy atom. The number of benzene rings is 5. The number of ether oxygens (including phenoxy) is 1.